The van der Waals surface area contributed by atoms with Gasteiger partial charge in [0.25, 0.3) is 0 Å². The Balaban J connectivity index is 1.16. The summed E-state index contributed by atoms with van der Waals surface area (Å²) in [6.07, 6.45) is 3.95. The number of amides is 2. The van der Waals surface area contributed by atoms with Crippen LogP contribution in [0, 0.1) is 11.7 Å². The molecule has 0 bridgehead atoms. The number of hydrogen-bond donors (Lipinski definition) is 2. The number of aryl methyl sites for hydroxylation is 1. The van der Waals surface area contributed by atoms with E-state index in [4.69, 9.17) is 0 Å². The third-order valence-corrected chi connectivity index (χ3v) is 7.00. The van der Waals surface area contributed by atoms with Crippen molar-refractivity contribution in [2.24, 2.45) is 5.92 Å². The Morgan fingerprint density at radius 1 is 1.33 bits per heavy atom. The number of piperidine rings is 1. The molecule has 2 aromatic heterocycles. The normalized spacial score (nSPS) is 16.6. The topological polar surface area (TPSA) is 64.3 Å². The van der Waals surface area contributed by atoms with Crippen molar-refractivity contribution in [1.82, 2.24) is 25.3 Å². The highest BCUT2D eigenvalue weighted by Crippen LogP contribution is 2.21. The average molecular weight is 470 g/mol. The predicted octanol–water partition coefficient (Wildman–Crippen LogP) is 4.76. The fourth-order valence-electron chi connectivity index (χ4n) is 4.34. The molecule has 1 atom stereocenters. The highest BCUT2D eigenvalue weighted by molar-refractivity contribution is 7.09. The molecule has 1 unspecified atom stereocenters. The first kappa shape index (κ1) is 23.4. The minimum absolute atomic E-state index is 0.0181. The number of aromatic amines is 1. The van der Waals surface area contributed by atoms with Crippen LogP contribution in [-0.4, -0.2) is 59.3 Å². The van der Waals surface area contributed by atoms with Gasteiger partial charge in [0.2, 0.25) is 0 Å². The fraction of sp³-hybridized carbons (Fsp3) is 0.440. The van der Waals surface area contributed by atoms with E-state index in [-0.39, 0.29) is 11.8 Å². The number of thiophene rings is 1. The van der Waals surface area contributed by atoms with Crippen LogP contribution in [-0.2, 0) is 13.0 Å². The molecule has 2 N–H and O–H groups in total. The zero-order valence-electron chi connectivity index (χ0n) is 19.1. The van der Waals surface area contributed by atoms with E-state index in [9.17, 15) is 9.18 Å². The van der Waals surface area contributed by atoms with E-state index >= 15 is 0 Å². The van der Waals surface area contributed by atoms with Crippen molar-refractivity contribution in [2.75, 3.05) is 33.2 Å². The maximum Gasteiger partial charge on any atom is 0.317 e. The first-order valence-corrected chi connectivity index (χ1v) is 12.5. The summed E-state index contributed by atoms with van der Waals surface area (Å²) in [5.74, 6) is 0.232. The van der Waals surface area contributed by atoms with Crippen LogP contribution >= 0.6 is 11.3 Å². The number of likely N-dealkylation sites (tertiary alicyclic amines) is 1. The quantitative estimate of drug-likeness (QED) is 0.475. The van der Waals surface area contributed by atoms with Crippen LogP contribution in [0.1, 0.15) is 29.8 Å². The maximum absolute atomic E-state index is 13.4. The van der Waals surface area contributed by atoms with Gasteiger partial charge in [0.15, 0.2) is 0 Å². The van der Waals surface area contributed by atoms with Gasteiger partial charge in [-0.2, -0.15) is 5.10 Å². The van der Waals surface area contributed by atoms with Crippen LogP contribution in [0.5, 0.6) is 0 Å². The van der Waals surface area contributed by atoms with E-state index in [0.717, 1.165) is 56.0 Å². The Morgan fingerprint density at radius 3 is 3.06 bits per heavy atom. The molecule has 6 nitrogen and oxygen atoms in total. The summed E-state index contributed by atoms with van der Waals surface area (Å²) in [7, 11) is 1.84. The van der Waals surface area contributed by atoms with Crippen LogP contribution in [0.2, 0.25) is 0 Å². The molecule has 1 aliphatic rings. The van der Waals surface area contributed by atoms with Gasteiger partial charge in [-0.15, -0.1) is 11.3 Å². The lowest BCUT2D eigenvalue weighted by atomic mass is 9.98. The third kappa shape index (κ3) is 6.88. The number of halogens is 1. The Hall–Kier alpha value is -2.71. The van der Waals surface area contributed by atoms with Crippen LogP contribution in [0.25, 0.3) is 11.3 Å². The third-order valence-electron chi connectivity index (χ3n) is 6.14. The molecule has 1 aliphatic heterocycles. The largest absolute Gasteiger partial charge is 0.338 e. The van der Waals surface area contributed by atoms with E-state index in [0.29, 0.717) is 12.5 Å². The average Bonchev–Trinajstić information content (AvgIpc) is 3.50. The Morgan fingerprint density at radius 2 is 2.24 bits per heavy atom. The van der Waals surface area contributed by atoms with Gasteiger partial charge in [-0.25, -0.2) is 9.18 Å². The molecule has 0 spiro atoms. The number of urea groups is 1. The van der Waals surface area contributed by atoms with Crippen molar-refractivity contribution in [3.8, 4) is 11.3 Å². The number of H-pyrrole nitrogens is 1. The van der Waals surface area contributed by atoms with Crippen molar-refractivity contribution >= 4 is 17.4 Å². The van der Waals surface area contributed by atoms with Crippen LogP contribution in [0.3, 0.4) is 0 Å². The molecule has 0 radical (unpaired) electrons. The minimum Gasteiger partial charge on any atom is -0.338 e. The number of rotatable bonds is 9. The van der Waals surface area contributed by atoms with Gasteiger partial charge in [0, 0.05) is 49.4 Å². The molecule has 176 valence electrons. The molecule has 2 amide bonds. The second-order valence-electron chi connectivity index (χ2n) is 8.82. The van der Waals surface area contributed by atoms with Crippen molar-refractivity contribution in [3.05, 3.63) is 64.2 Å². The number of carbonyl (C=O) groups excluding carboxylic acids is 1. The van der Waals surface area contributed by atoms with Crippen molar-refractivity contribution in [1.29, 1.82) is 0 Å². The number of benzene rings is 1. The highest BCUT2D eigenvalue weighted by Gasteiger charge is 2.21. The van der Waals surface area contributed by atoms with Gasteiger partial charge in [-0.05, 0) is 67.8 Å². The first-order valence-electron chi connectivity index (χ1n) is 11.6. The van der Waals surface area contributed by atoms with Crippen LogP contribution in [0.4, 0.5) is 9.18 Å². The van der Waals surface area contributed by atoms with E-state index < -0.39 is 0 Å². The number of aromatic nitrogens is 2. The molecule has 0 saturated carbocycles. The van der Waals surface area contributed by atoms with E-state index in [2.05, 4.69) is 37.9 Å². The molecular formula is C25H32FN5OS. The summed E-state index contributed by atoms with van der Waals surface area (Å²) in [5, 5.41) is 12.5. The Bertz CT molecular complexity index is 1020. The van der Waals surface area contributed by atoms with E-state index in [1.165, 1.54) is 29.9 Å². The monoisotopic (exact) mass is 469 g/mol. The van der Waals surface area contributed by atoms with Crippen LogP contribution < -0.4 is 5.32 Å². The predicted molar refractivity (Wildman–Crippen MR) is 131 cm³/mol. The van der Waals surface area contributed by atoms with Crippen molar-refractivity contribution in [3.63, 3.8) is 0 Å². The lowest BCUT2D eigenvalue weighted by molar-refractivity contribution is 0.162. The lowest BCUT2D eigenvalue weighted by Gasteiger charge is -2.32. The number of nitrogens with zero attached hydrogens (tertiary/aromatic N) is 3. The SMILES string of the molecule is CN(CCCc1cc(-c2cccc(F)c2)n[nH]1)C(=O)NCC1CCCN(Cc2cccs2)C1. The molecule has 1 fully saturated rings. The molecule has 3 aromatic rings. The molecule has 8 heteroatoms. The number of hydrogen-bond acceptors (Lipinski definition) is 4. The highest BCUT2D eigenvalue weighted by atomic mass is 32.1. The Labute approximate surface area is 198 Å². The smallest absolute Gasteiger partial charge is 0.317 e. The number of carbonyl (C=O) groups is 1. The van der Waals surface area contributed by atoms with E-state index in [1.54, 1.807) is 11.0 Å². The molecular weight excluding hydrogens is 437 g/mol. The summed E-state index contributed by atoms with van der Waals surface area (Å²) in [6, 6.07) is 12.6. The molecule has 33 heavy (non-hydrogen) atoms. The van der Waals surface area contributed by atoms with E-state index in [1.807, 2.05) is 30.5 Å². The van der Waals surface area contributed by atoms with Gasteiger partial charge < -0.3 is 10.2 Å². The summed E-state index contributed by atoms with van der Waals surface area (Å²) in [5.41, 5.74) is 2.47. The zero-order valence-corrected chi connectivity index (χ0v) is 19.9. The van der Waals surface area contributed by atoms with Gasteiger partial charge in [-0.1, -0.05) is 18.2 Å². The molecule has 3 heterocycles. The minimum atomic E-state index is -0.270. The van der Waals surface area contributed by atoms with Gasteiger partial charge >= 0.3 is 6.03 Å². The summed E-state index contributed by atoms with van der Waals surface area (Å²) in [4.78, 5) is 18.2. The maximum atomic E-state index is 13.4. The van der Waals surface area contributed by atoms with Gasteiger partial charge in [0.05, 0.1) is 5.69 Å². The zero-order chi connectivity index (χ0) is 23.0. The lowest BCUT2D eigenvalue weighted by Crippen LogP contribution is -2.44. The molecule has 1 saturated heterocycles. The number of nitrogens with one attached hydrogen (secondary N) is 2. The van der Waals surface area contributed by atoms with Gasteiger partial charge in [0.1, 0.15) is 5.82 Å². The first-order chi connectivity index (χ1) is 16.1. The van der Waals surface area contributed by atoms with Crippen LogP contribution in [0.15, 0.2) is 47.8 Å². The summed E-state index contributed by atoms with van der Waals surface area (Å²) >= 11 is 1.81. The molecule has 4 rings (SSSR count). The standard InChI is InChI=1S/C25H32FN5OS/c1-30(11-4-9-22-15-24(29-28-22)20-7-2-8-21(26)14-20)25(32)27-16-19-6-3-12-31(17-19)18-23-10-5-13-33-23/h2,5,7-8,10,13-15,19H,3-4,6,9,11-12,16-18H2,1H3,(H,27,32)(H,28,29). The molecule has 0 aliphatic carbocycles. The second-order valence-corrected chi connectivity index (χ2v) is 9.85. The second kappa shape index (κ2) is 11.4. The van der Waals surface area contributed by atoms with Gasteiger partial charge in [-0.3, -0.25) is 10.00 Å². The van der Waals surface area contributed by atoms with Crippen molar-refractivity contribution in [2.45, 2.75) is 32.2 Å². The summed E-state index contributed by atoms with van der Waals surface area (Å²) < 4.78 is 13.4. The fourth-order valence-corrected chi connectivity index (χ4v) is 5.09. The van der Waals surface area contributed by atoms with Crippen molar-refractivity contribution < 1.29 is 9.18 Å². The summed E-state index contributed by atoms with van der Waals surface area (Å²) in [6.45, 7) is 4.57. The Kier molecular flexibility index (Phi) is 8.12. The molecule has 1 aromatic carbocycles.